The summed E-state index contributed by atoms with van der Waals surface area (Å²) in [7, 11) is -2.37. The third-order valence-electron chi connectivity index (χ3n) is 5.18. The summed E-state index contributed by atoms with van der Waals surface area (Å²) in [4.78, 5) is 9.07. The number of hydrogen-bond donors (Lipinski definition) is 3. The molecule has 3 aromatic carbocycles. The molecule has 0 radical (unpaired) electrons. The normalized spacial score (nSPS) is 11.1. The van der Waals surface area contributed by atoms with Gasteiger partial charge in [0.25, 0.3) is 10.0 Å². The van der Waals surface area contributed by atoms with Gasteiger partial charge in [0.2, 0.25) is 5.95 Å². The van der Waals surface area contributed by atoms with Crippen LogP contribution in [-0.2, 0) is 10.0 Å². The summed E-state index contributed by atoms with van der Waals surface area (Å²) in [5.74, 6) is 1.38. The van der Waals surface area contributed by atoms with Crippen molar-refractivity contribution in [3.63, 3.8) is 0 Å². The molecule has 0 unspecified atom stereocenters. The first kappa shape index (κ1) is 24.0. The lowest BCUT2D eigenvalue weighted by atomic mass is 10.2. The summed E-state index contributed by atoms with van der Waals surface area (Å²) in [6.45, 7) is 5.75. The third-order valence-corrected chi connectivity index (χ3v) is 6.58. The smallest absolute Gasteiger partial charge is 0.265 e. The van der Waals surface area contributed by atoms with Crippen LogP contribution in [0.5, 0.6) is 5.75 Å². The van der Waals surface area contributed by atoms with E-state index in [0.29, 0.717) is 17.5 Å². The average molecular weight is 490 g/mol. The molecule has 8 nitrogen and oxygen atoms in total. The van der Waals surface area contributed by atoms with E-state index in [4.69, 9.17) is 4.74 Å². The predicted molar refractivity (Wildman–Crippen MR) is 139 cm³/mol. The monoisotopic (exact) mass is 489 g/mol. The Balaban J connectivity index is 1.48. The number of benzene rings is 3. The van der Waals surface area contributed by atoms with Crippen LogP contribution in [0.2, 0.25) is 0 Å². The van der Waals surface area contributed by atoms with Gasteiger partial charge < -0.3 is 15.4 Å². The minimum atomic E-state index is -3.82. The first-order valence-corrected chi connectivity index (χ1v) is 12.4. The SMILES string of the molecule is COc1ccc(C)cc1S(=O)(=O)Nc1ccc(Nc2cc(C)nc(Nc3ccc(C)cc3)n2)cc1. The lowest BCUT2D eigenvalue weighted by Crippen LogP contribution is -2.14. The fourth-order valence-corrected chi connectivity index (χ4v) is 4.74. The number of aryl methyl sites for hydroxylation is 3. The molecule has 0 spiro atoms. The summed E-state index contributed by atoms with van der Waals surface area (Å²) in [5.41, 5.74) is 4.87. The zero-order chi connectivity index (χ0) is 25.0. The Kier molecular flexibility index (Phi) is 6.88. The van der Waals surface area contributed by atoms with Gasteiger partial charge >= 0.3 is 0 Å². The van der Waals surface area contributed by atoms with Crippen molar-refractivity contribution in [1.29, 1.82) is 0 Å². The fraction of sp³-hybridized carbons (Fsp3) is 0.154. The van der Waals surface area contributed by atoms with Crippen molar-refractivity contribution < 1.29 is 13.2 Å². The van der Waals surface area contributed by atoms with Crippen molar-refractivity contribution in [2.24, 2.45) is 0 Å². The van der Waals surface area contributed by atoms with Gasteiger partial charge in [-0.25, -0.2) is 13.4 Å². The fourth-order valence-electron chi connectivity index (χ4n) is 3.43. The molecule has 0 amide bonds. The molecular formula is C26H27N5O3S. The quantitative estimate of drug-likeness (QED) is 0.292. The van der Waals surface area contributed by atoms with Gasteiger partial charge in [0, 0.05) is 28.8 Å². The summed E-state index contributed by atoms with van der Waals surface area (Å²) in [5, 5.41) is 6.45. The molecule has 4 aromatic rings. The van der Waals surface area contributed by atoms with Crippen LogP contribution in [0.3, 0.4) is 0 Å². The van der Waals surface area contributed by atoms with Crippen LogP contribution >= 0.6 is 0 Å². The number of ether oxygens (including phenoxy) is 1. The zero-order valence-corrected chi connectivity index (χ0v) is 20.8. The minimum Gasteiger partial charge on any atom is -0.495 e. The van der Waals surface area contributed by atoms with E-state index < -0.39 is 10.0 Å². The molecule has 0 fully saturated rings. The van der Waals surface area contributed by atoms with Crippen molar-refractivity contribution in [2.75, 3.05) is 22.5 Å². The molecule has 0 aliphatic rings. The van der Waals surface area contributed by atoms with E-state index in [1.807, 2.05) is 51.1 Å². The van der Waals surface area contributed by atoms with Crippen LogP contribution in [0.1, 0.15) is 16.8 Å². The number of rotatable bonds is 8. The van der Waals surface area contributed by atoms with Gasteiger partial charge in [-0.3, -0.25) is 4.72 Å². The number of hydrogen-bond acceptors (Lipinski definition) is 7. The Morgan fingerprint density at radius 2 is 1.31 bits per heavy atom. The van der Waals surface area contributed by atoms with Gasteiger partial charge in [-0.2, -0.15) is 4.98 Å². The van der Waals surface area contributed by atoms with E-state index in [1.54, 1.807) is 42.5 Å². The second-order valence-electron chi connectivity index (χ2n) is 8.17. The lowest BCUT2D eigenvalue weighted by molar-refractivity contribution is 0.402. The molecule has 0 aliphatic heterocycles. The topological polar surface area (TPSA) is 105 Å². The molecule has 0 saturated carbocycles. The molecule has 35 heavy (non-hydrogen) atoms. The molecule has 180 valence electrons. The molecule has 0 aliphatic carbocycles. The van der Waals surface area contributed by atoms with Crippen LogP contribution in [0.25, 0.3) is 0 Å². The molecule has 1 aromatic heterocycles. The van der Waals surface area contributed by atoms with Crippen LogP contribution < -0.4 is 20.1 Å². The summed E-state index contributed by atoms with van der Waals surface area (Å²) < 4.78 is 33.7. The second-order valence-corrected chi connectivity index (χ2v) is 9.82. The molecule has 0 atom stereocenters. The van der Waals surface area contributed by atoms with Crippen LogP contribution in [0.15, 0.2) is 77.7 Å². The van der Waals surface area contributed by atoms with E-state index in [-0.39, 0.29) is 10.6 Å². The Bertz CT molecular complexity index is 1440. The van der Waals surface area contributed by atoms with Crippen LogP contribution in [-0.4, -0.2) is 25.5 Å². The maximum atomic E-state index is 12.9. The molecule has 1 heterocycles. The number of methoxy groups -OCH3 is 1. The van der Waals surface area contributed by atoms with Gasteiger partial charge in [-0.15, -0.1) is 0 Å². The number of nitrogens with one attached hydrogen (secondary N) is 3. The van der Waals surface area contributed by atoms with E-state index >= 15 is 0 Å². The van der Waals surface area contributed by atoms with Gasteiger partial charge in [0.15, 0.2) is 0 Å². The largest absolute Gasteiger partial charge is 0.495 e. The molecule has 4 rings (SSSR count). The van der Waals surface area contributed by atoms with Gasteiger partial charge in [0.1, 0.15) is 16.5 Å². The van der Waals surface area contributed by atoms with E-state index in [9.17, 15) is 8.42 Å². The maximum Gasteiger partial charge on any atom is 0.265 e. The maximum absolute atomic E-state index is 12.9. The Morgan fingerprint density at radius 3 is 2.00 bits per heavy atom. The lowest BCUT2D eigenvalue weighted by Gasteiger charge is -2.13. The summed E-state index contributed by atoms with van der Waals surface area (Å²) in [6, 6.07) is 21.7. The van der Waals surface area contributed by atoms with E-state index in [1.165, 1.54) is 12.7 Å². The van der Waals surface area contributed by atoms with Gasteiger partial charge in [-0.1, -0.05) is 23.8 Å². The van der Waals surface area contributed by atoms with Crippen LogP contribution in [0.4, 0.5) is 28.8 Å². The number of sulfonamides is 1. The standard InChI is InChI=1S/C26H27N5O3S/c1-17-5-8-21(9-6-17)29-26-27-19(3)16-25(30-26)28-20-10-12-22(13-11-20)31-35(32,33)24-15-18(2)7-14-23(24)34-4/h5-16,31H,1-4H3,(H2,27,28,29,30). The summed E-state index contributed by atoms with van der Waals surface area (Å²) in [6.07, 6.45) is 0. The van der Waals surface area contributed by atoms with Crippen molar-refractivity contribution in [1.82, 2.24) is 9.97 Å². The third kappa shape index (κ3) is 6.07. The molecular weight excluding hydrogens is 462 g/mol. The predicted octanol–water partition coefficient (Wildman–Crippen LogP) is 5.70. The summed E-state index contributed by atoms with van der Waals surface area (Å²) >= 11 is 0. The Hall–Kier alpha value is -4.11. The first-order chi connectivity index (χ1) is 16.7. The van der Waals surface area contributed by atoms with Crippen LogP contribution in [0, 0.1) is 20.8 Å². The highest BCUT2D eigenvalue weighted by molar-refractivity contribution is 7.92. The van der Waals surface area contributed by atoms with E-state index in [0.717, 1.165) is 22.6 Å². The molecule has 0 bridgehead atoms. The number of anilines is 5. The second kappa shape index (κ2) is 10.0. The minimum absolute atomic E-state index is 0.0901. The first-order valence-electron chi connectivity index (χ1n) is 11.0. The van der Waals surface area contributed by atoms with Gasteiger partial charge in [-0.05, 0) is 74.9 Å². The Morgan fingerprint density at radius 1 is 0.714 bits per heavy atom. The van der Waals surface area contributed by atoms with Crippen molar-refractivity contribution in [3.05, 3.63) is 89.6 Å². The molecule has 9 heteroatoms. The highest BCUT2D eigenvalue weighted by atomic mass is 32.2. The molecule has 3 N–H and O–H groups in total. The highest BCUT2D eigenvalue weighted by Crippen LogP contribution is 2.28. The van der Waals surface area contributed by atoms with Crippen molar-refractivity contribution in [3.8, 4) is 5.75 Å². The zero-order valence-electron chi connectivity index (χ0n) is 20.0. The van der Waals surface area contributed by atoms with Crippen molar-refractivity contribution in [2.45, 2.75) is 25.7 Å². The van der Waals surface area contributed by atoms with E-state index in [2.05, 4.69) is 25.3 Å². The average Bonchev–Trinajstić information content (AvgIpc) is 2.81. The highest BCUT2D eigenvalue weighted by Gasteiger charge is 2.20. The number of nitrogens with zero attached hydrogens (tertiary/aromatic N) is 2. The van der Waals surface area contributed by atoms with Gasteiger partial charge in [0.05, 0.1) is 7.11 Å². The number of aromatic nitrogens is 2. The molecule has 0 saturated heterocycles. The van der Waals surface area contributed by atoms with Crippen molar-refractivity contribution >= 4 is 38.9 Å². The Labute approximate surface area is 205 Å².